The molecule has 0 spiro atoms. The van der Waals surface area contributed by atoms with E-state index in [0.29, 0.717) is 10.9 Å². The molecule has 0 atom stereocenters. The lowest BCUT2D eigenvalue weighted by molar-refractivity contribution is 0.622. The highest BCUT2D eigenvalue weighted by Gasteiger charge is 2.15. The Balaban J connectivity index is 2.50. The molecule has 1 heterocycles. The fourth-order valence-corrected chi connectivity index (χ4v) is 1.54. The van der Waals surface area contributed by atoms with Gasteiger partial charge in [-0.25, -0.2) is 9.38 Å². The first-order valence-corrected chi connectivity index (χ1v) is 4.77. The molecule has 2 rings (SSSR count). The standard InChI is InChI=1S/C10H9ClFN3/c1-6-5-13-15-10(14-6)9-7(11)3-2-4-8(9)12/h2-5,13H,1H3,(H,14,15). The first-order chi connectivity index (χ1) is 7.18. The maximum atomic E-state index is 13.5. The van der Waals surface area contributed by atoms with Gasteiger partial charge >= 0.3 is 0 Å². The summed E-state index contributed by atoms with van der Waals surface area (Å²) < 4.78 is 13.5. The minimum absolute atomic E-state index is 0.277. The number of hydrazine groups is 1. The topological polar surface area (TPSA) is 36.4 Å². The monoisotopic (exact) mass is 225 g/mol. The van der Waals surface area contributed by atoms with Gasteiger partial charge in [0.2, 0.25) is 0 Å². The lowest BCUT2D eigenvalue weighted by atomic mass is 10.2. The van der Waals surface area contributed by atoms with Crippen molar-refractivity contribution in [3.63, 3.8) is 0 Å². The Bertz CT molecular complexity index is 434. The van der Waals surface area contributed by atoms with E-state index in [9.17, 15) is 4.39 Å². The second-order valence-corrected chi connectivity index (χ2v) is 3.52. The van der Waals surface area contributed by atoms with Crippen molar-refractivity contribution in [1.29, 1.82) is 0 Å². The Kier molecular flexibility index (Phi) is 2.60. The fourth-order valence-electron chi connectivity index (χ4n) is 1.29. The van der Waals surface area contributed by atoms with Crippen LogP contribution in [-0.4, -0.2) is 5.84 Å². The van der Waals surface area contributed by atoms with E-state index in [1.807, 2.05) is 6.92 Å². The number of rotatable bonds is 1. The zero-order chi connectivity index (χ0) is 10.8. The van der Waals surface area contributed by atoms with Crippen LogP contribution < -0.4 is 10.9 Å². The third kappa shape index (κ3) is 1.94. The number of aliphatic imine (C=N–C) groups is 1. The predicted octanol–water partition coefficient (Wildman–Crippen LogP) is 2.19. The molecule has 1 aliphatic rings. The van der Waals surface area contributed by atoms with Crippen LogP contribution in [0.25, 0.3) is 0 Å². The highest BCUT2D eigenvalue weighted by atomic mass is 35.5. The van der Waals surface area contributed by atoms with Gasteiger partial charge in [-0.3, -0.25) is 5.43 Å². The van der Waals surface area contributed by atoms with Crippen molar-refractivity contribution >= 4 is 17.4 Å². The van der Waals surface area contributed by atoms with Crippen LogP contribution in [0.15, 0.2) is 35.1 Å². The molecule has 5 heteroatoms. The molecule has 1 aromatic carbocycles. The number of halogens is 2. The SMILES string of the molecule is CC1=CNNC(c2c(F)cccc2Cl)=N1. The third-order valence-electron chi connectivity index (χ3n) is 1.96. The maximum Gasteiger partial charge on any atom is 0.156 e. The van der Waals surface area contributed by atoms with E-state index in [1.54, 1.807) is 18.3 Å². The van der Waals surface area contributed by atoms with Crippen molar-refractivity contribution < 1.29 is 4.39 Å². The highest BCUT2D eigenvalue weighted by Crippen LogP contribution is 2.20. The van der Waals surface area contributed by atoms with Crippen molar-refractivity contribution in [1.82, 2.24) is 10.9 Å². The van der Waals surface area contributed by atoms with E-state index in [0.717, 1.165) is 5.70 Å². The number of allylic oxidation sites excluding steroid dienone is 1. The van der Waals surface area contributed by atoms with E-state index in [1.165, 1.54) is 6.07 Å². The molecule has 2 N–H and O–H groups in total. The fraction of sp³-hybridized carbons (Fsp3) is 0.100. The Hall–Kier alpha value is -1.55. The Morgan fingerprint density at radius 3 is 2.87 bits per heavy atom. The van der Waals surface area contributed by atoms with Gasteiger partial charge in [-0.1, -0.05) is 17.7 Å². The van der Waals surface area contributed by atoms with Crippen molar-refractivity contribution in [3.8, 4) is 0 Å². The van der Waals surface area contributed by atoms with E-state index in [2.05, 4.69) is 15.8 Å². The first-order valence-electron chi connectivity index (χ1n) is 4.40. The van der Waals surface area contributed by atoms with E-state index in [4.69, 9.17) is 11.6 Å². The average molecular weight is 226 g/mol. The Labute approximate surface area is 91.6 Å². The summed E-state index contributed by atoms with van der Waals surface area (Å²) in [5, 5.41) is 0.331. The molecule has 0 radical (unpaired) electrons. The van der Waals surface area contributed by atoms with Crippen molar-refractivity contribution in [2.24, 2.45) is 4.99 Å². The van der Waals surface area contributed by atoms with Crippen LogP contribution in [-0.2, 0) is 0 Å². The van der Waals surface area contributed by atoms with E-state index in [-0.39, 0.29) is 5.56 Å². The second-order valence-electron chi connectivity index (χ2n) is 3.11. The summed E-state index contributed by atoms with van der Waals surface area (Å²) in [7, 11) is 0. The molecule has 0 aromatic heterocycles. The molecule has 1 aliphatic heterocycles. The van der Waals surface area contributed by atoms with Gasteiger partial charge in [0.1, 0.15) is 5.82 Å². The van der Waals surface area contributed by atoms with Crippen LogP contribution in [0, 0.1) is 5.82 Å². The molecule has 0 unspecified atom stereocenters. The van der Waals surface area contributed by atoms with Gasteiger partial charge in [-0.05, 0) is 19.1 Å². The van der Waals surface area contributed by atoms with E-state index >= 15 is 0 Å². The molecule has 15 heavy (non-hydrogen) atoms. The Morgan fingerprint density at radius 1 is 1.40 bits per heavy atom. The minimum Gasteiger partial charge on any atom is -0.305 e. The predicted molar refractivity (Wildman–Crippen MR) is 58.0 cm³/mol. The van der Waals surface area contributed by atoms with Crippen LogP contribution in [0.5, 0.6) is 0 Å². The summed E-state index contributed by atoms with van der Waals surface area (Å²) >= 11 is 5.90. The molecule has 0 saturated heterocycles. The summed E-state index contributed by atoms with van der Waals surface area (Å²) in [6.45, 7) is 1.81. The van der Waals surface area contributed by atoms with Gasteiger partial charge in [0.25, 0.3) is 0 Å². The number of benzene rings is 1. The number of hydrogen-bond acceptors (Lipinski definition) is 3. The van der Waals surface area contributed by atoms with Gasteiger partial charge in [0.15, 0.2) is 5.84 Å². The summed E-state index contributed by atoms with van der Waals surface area (Å²) in [6, 6.07) is 4.53. The quantitative estimate of drug-likeness (QED) is 0.769. The largest absolute Gasteiger partial charge is 0.305 e. The van der Waals surface area contributed by atoms with Gasteiger partial charge in [-0.2, -0.15) is 0 Å². The zero-order valence-electron chi connectivity index (χ0n) is 8.01. The summed E-state index contributed by atoms with van der Waals surface area (Å²) in [5.41, 5.74) is 6.55. The van der Waals surface area contributed by atoms with Crippen molar-refractivity contribution in [3.05, 3.63) is 46.5 Å². The molecule has 0 aliphatic carbocycles. The van der Waals surface area contributed by atoms with Crippen LogP contribution in [0.2, 0.25) is 5.02 Å². The molecule has 0 fully saturated rings. The molecular weight excluding hydrogens is 217 g/mol. The smallest absolute Gasteiger partial charge is 0.156 e. The lowest BCUT2D eigenvalue weighted by Gasteiger charge is -2.16. The normalized spacial score (nSPS) is 14.9. The number of nitrogens with zero attached hydrogens (tertiary/aromatic N) is 1. The number of hydrogen-bond donors (Lipinski definition) is 2. The van der Waals surface area contributed by atoms with Crippen LogP contribution in [0.3, 0.4) is 0 Å². The lowest BCUT2D eigenvalue weighted by Crippen LogP contribution is -2.37. The number of amidine groups is 1. The van der Waals surface area contributed by atoms with Crippen LogP contribution in [0.1, 0.15) is 12.5 Å². The minimum atomic E-state index is -0.398. The third-order valence-corrected chi connectivity index (χ3v) is 2.27. The van der Waals surface area contributed by atoms with Crippen molar-refractivity contribution in [2.75, 3.05) is 0 Å². The van der Waals surface area contributed by atoms with E-state index < -0.39 is 5.82 Å². The molecule has 0 amide bonds. The number of nitrogens with one attached hydrogen (secondary N) is 2. The van der Waals surface area contributed by atoms with Gasteiger partial charge < -0.3 is 5.43 Å². The van der Waals surface area contributed by atoms with Crippen LogP contribution in [0.4, 0.5) is 4.39 Å². The summed E-state index contributed by atoms with van der Waals surface area (Å²) in [4.78, 5) is 4.15. The maximum absolute atomic E-state index is 13.5. The van der Waals surface area contributed by atoms with Gasteiger partial charge in [-0.15, -0.1) is 0 Å². The molecule has 0 saturated carbocycles. The summed E-state index contributed by atoms with van der Waals surface area (Å²) in [5.74, 6) is -0.0108. The van der Waals surface area contributed by atoms with Crippen LogP contribution >= 0.6 is 11.6 Å². The van der Waals surface area contributed by atoms with Gasteiger partial charge in [0, 0.05) is 6.20 Å². The first kappa shape index (κ1) is 9.98. The molecule has 78 valence electrons. The molecular formula is C10H9ClFN3. The van der Waals surface area contributed by atoms with Crippen molar-refractivity contribution in [2.45, 2.75) is 6.92 Å². The zero-order valence-corrected chi connectivity index (χ0v) is 8.77. The molecule has 3 nitrogen and oxygen atoms in total. The molecule has 0 bridgehead atoms. The summed E-state index contributed by atoms with van der Waals surface area (Å²) in [6.07, 6.45) is 1.68. The average Bonchev–Trinajstić information content (AvgIpc) is 2.17. The Morgan fingerprint density at radius 2 is 2.20 bits per heavy atom. The van der Waals surface area contributed by atoms with Gasteiger partial charge in [0.05, 0.1) is 16.3 Å². The highest BCUT2D eigenvalue weighted by molar-refractivity contribution is 6.34. The molecule has 1 aromatic rings. The second kappa shape index (κ2) is 3.90.